The van der Waals surface area contributed by atoms with Crippen LogP contribution in [0.3, 0.4) is 0 Å². The van der Waals surface area contributed by atoms with Gasteiger partial charge >= 0.3 is 0 Å². The molecule has 3 heteroatoms. The van der Waals surface area contributed by atoms with Crippen LogP contribution < -0.4 is 10.4 Å². The molecule has 0 radical (unpaired) electrons. The Kier molecular flexibility index (Phi) is 1.33. The summed E-state index contributed by atoms with van der Waals surface area (Å²) in [6.45, 7) is 2.02. The van der Waals surface area contributed by atoms with E-state index < -0.39 is 0 Å². The molecule has 0 unspecified atom stereocenters. The number of rotatable bonds is 0. The fourth-order valence-electron chi connectivity index (χ4n) is 1.42. The third-order valence-electron chi connectivity index (χ3n) is 2.16. The summed E-state index contributed by atoms with van der Waals surface area (Å²) in [6.07, 6.45) is 2.04. The zero-order valence-corrected chi connectivity index (χ0v) is 7.26. The highest BCUT2D eigenvalue weighted by Gasteiger charge is 2.06. The van der Waals surface area contributed by atoms with Crippen LogP contribution in [0, 0.1) is 6.92 Å². The lowest BCUT2D eigenvalue weighted by atomic mass is 10.1. The minimum absolute atomic E-state index is 0.838. The molecule has 0 atom stereocenters. The first-order valence-corrected chi connectivity index (χ1v) is 3.92. The van der Waals surface area contributed by atoms with E-state index in [2.05, 4.69) is 5.10 Å². The molecule has 0 aliphatic heterocycles. The predicted octanol–water partition coefficient (Wildman–Crippen LogP) is 0.883. The van der Waals surface area contributed by atoms with Crippen LogP contribution in [0.1, 0.15) is 5.56 Å². The van der Waals surface area contributed by atoms with Gasteiger partial charge in [0.25, 0.3) is 0 Å². The summed E-state index contributed by atoms with van der Waals surface area (Å²) in [4.78, 5) is 0. The van der Waals surface area contributed by atoms with Crippen molar-refractivity contribution >= 4 is 16.6 Å². The summed E-state index contributed by atoms with van der Waals surface area (Å²) in [5.74, 6) is 0. The van der Waals surface area contributed by atoms with Crippen LogP contribution in [-0.2, 0) is 7.05 Å². The molecule has 0 aliphatic rings. The number of fused-ring (bicyclic) bond motifs is 1. The van der Waals surface area contributed by atoms with Gasteiger partial charge < -0.3 is 5.73 Å². The average Bonchev–Trinajstić information content (AvgIpc) is 2.39. The van der Waals surface area contributed by atoms with Gasteiger partial charge in [0.2, 0.25) is 6.20 Å². The van der Waals surface area contributed by atoms with E-state index in [9.17, 15) is 0 Å². The third kappa shape index (κ3) is 0.863. The molecule has 0 fully saturated rings. The fraction of sp³-hybridized carbons (Fsp3) is 0.222. The molecule has 12 heavy (non-hydrogen) atoms. The summed E-state index contributed by atoms with van der Waals surface area (Å²) in [7, 11) is 1.97. The Morgan fingerprint density at radius 3 is 2.92 bits per heavy atom. The van der Waals surface area contributed by atoms with Crippen molar-refractivity contribution in [3.05, 3.63) is 23.9 Å². The molecule has 3 nitrogen and oxygen atoms in total. The second kappa shape index (κ2) is 2.24. The molecule has 62 valence electrons. The quantitative estimate of drug-likeness (QED) is 0.438. The summed E-state index contributed by atoms with van der Waals surface area (Å²) in [5, 5.41) is 4.40. The number of aromatic amines is 1. The number of anilines is 1. The molecule has 0 aliphatic carbocycles. The van der Waals surface area contributed by atoms with Gasteiger partial charge in [0.15, 0.2) is 7.05 Å². The number of nitrogens with zero attached hydrogens (tertiary/aromatic N) is 1. The summed E-state index contributed by atoms with van der Waals surface area (Å²) >= 11 is 0. The molecule has 2 rings (SSSR count). The van der Waals surface area contributed by atoms with Gasteiger partial charge in [-0.25, -0.2) is 0 Å². The van der Waals surface area contributed by atoms with E-state index in [1.54, 1.807) is 0 Å². The Hall–Kier alpha value is -1.51. The van der Waals surface area contributed by atoms with E-state index in [1.165, 1.54) is 5.39 Å². The smallest absolute Gasteiger partial charge is 0.202 e. The molecule has 3 N–H and O–H groups in total. The molecule has 0 amide bonds. The first-order chi connectivity index (χ1) is 5.68. The highest BCUT2D eigenvalue weighted by atomic mass is 15.2. The van der Waals surface area contributed by atoms with Crippen LogP contribution in [0.15, 0.2) is 18.3 Å². The van der Waals surface area contributed by atoms with Gasteiger partial charge in [-0.05, 0) is 19.1 Å². The van der Waals surface area contributed by atoms with E-state index in [1.807, 2.05) is 37.0 Å². The molecule has 1 aromatic heterocycles. The van der Waals surface area contributed by atoms with Gasteiger partial charge in [0.05, 0.1) is 5.39 Å². The van der Waals surface area contributed by atoms with Gasteiger partial charge in [-0.3, -0.25) is 0 Å². The zero-order valence-electron chi connectivity index (χ0n) is 7.26. The Morgan fingerprint density at radius 2 is 2.17 bits per heavy atom. The average molecular weight is 162 g/mol. The number of aromatic nitrogens is 2. The Balaban J connectivity index is 2.89. The lowest BCUT2D eigenvalue weighted by Crippen LogP contribution is -2.28. The minimum atomic E-state index is 0.838. The van der Waals surface area contributed by atoms with Crippen LogP contribution in [0.2, 0.25) is 0 Å². The van der Waals surface area contributed by atoms with Gasteiger partial charge in [0, 0.05) is 11.3 Å². The van der Waals surface area contributed by atoms with Gasteiger partial charge in [-0.1, -0.05) is 0 Å². The Morgan fingerprint density at radius 1 is 1.42 bits per heavy atom. The Labute approximate surface area is 70.8 Å². The molecular formula is C9H12N3+. The molecule has 1 aromatic carbocycles. The van der Waals surface area contributed by atoms with E-state index in [-0.39, 0.29) is 0 Å². The van der Waals surface area contributed by atoms with Crippen molar-refractivity contribution in [1.29, 1.82) is 0 Å². The number of nitrogens with two attached hydrogens (primary N) is 1. The van der Waals surface area contributed by atoms with Crippen LogP contribution in [0.4, 0.5) is 5.69 Å². The van der Waals surface area contributed by atoms with Crippen molar-refractivity contribution in [3.63, 3.8) is 0 Å². The van der Waals surface area contributed by atoms with Crippen molar-refractivity contribution in [2.75, 3.05) is 5.73 Å². The minimum Gasteiger partial charge on any atom is -0.398 e. The van der Waals surface area contributed by atoms with Crippen molar-refractivity contribution in [2.24, 2.45) is 7.05 Å². The molecular weight excluding hydrogens is 150 g/mol. The maximum atomic E-state index is 5.77. The topological polar surface area (TPSA) is 45.7 Å². The maximum Gasteiger partial charge on any atom is 0.202 e. The lowest BCUT2D eigenvalue weighted by Gasteiger charge is -1.96. The van der Waals surface area contributed by atoms with E-state index >= 15 is 0 Å². The number of hydrogen-bond acceptors (Lipinski definition) is 1. The Bertz CT molecular complexity index is 429. The monoisotopic (exact) mass is 162 g/mol. The van der Waals surface area contributed by atoms with Gasteiger partial charge in [0.1, 0.15) is 5.52 Å². The first-order valence-electron chi connectivity index (χ1n) is 3.92. The second-order valence-corrected chi connectivity index (χ2v) is 3.10. The van der Waals surface area contributed by atoms with Crippen LogP contribution >= 0.6 is 0 Å². The van der Waals surface area contributed by atoms with Crippen molar-refractivity contribution in [1.82, 2.24) is 5.10 Å². The third-order valence-corrected chi connectivity index (χ3v) is 2.16. The van der Waals surface area contributed by atoms with E-state index in [0.29, 0.717) is 0 Å². The van der Waals surface area contributed by atoms with E-state index in [0.717, 1.165) is 16.8 Å². The number of H-pyrrole nitrogens is 1. The second-order valence-electron chi connectivity index (χ2n) is 3.10. The maximum absolute atomic E-state index is 5.77. The van der Waals surface area contributed by atoms with Crippen LogP contribution in [0.5, 0.6) is 0 Å². The predicted molar refractivity (Wildman–Crippen MR) is 48.6 cm³/mol. The van der Waals surface area contributed by atoms with Crippen molar-refractivity contribution in [3.8, 4) is 0 Å². The molecule has 0 spiro atoms. The fourth-order valence-corrected chi connectivity index (χ4v) is 1.42. The van der Waals surface area contributed by atoms with Gasteiger partial charge in [-0.2, -0.15) is 5.10 Å². The number of hydrogen-bond donors (Lipinski definition) is 2. The molecule has 0 bridgehead atoms. The van der Waals surface area contributed by atoms with Gasteiger partial charge in [-0.15, -0.1) is 4.68 Å². The normalized spacial score (nSPS) is 10.8. The number of nitrogens with one attached hydrogen (secondary N) is 1. The summed E-state index contributed by atoms with van der Waals surface area (Å²) in [5.41, 5.74) is 8.85. The first kappa shape index (κ1) is 7.16. The number of benzene rings is 1. The lowest BCUT2D eigenvalue weighted by molar-refractivity contribution is -0.724. The largest absolute Gasteiger partial charge is 0.398 e. The number of nitrogen functional groups attached to an aromatic ring is 1. The summed E-state index contributed by atoms with van der Waals surface area (Å²) < 4.78 is 1.93. The highest BCUT2D eigenvalue weighted by Crippen LogP contribution is 2.19. The molecule has 0 saturated heterocycles. The summed E-state index contributed by atoms with van der Waals surface area (Å²) in [6, 6.07) is 3.96. The van der Waals surface area contributed by atoms with Crippen LogP contribution in [0.25, 0.3) is 10.9 Å². The van der Waals surface area contributed by atoms with Crippen LogP contribution in [-0.4, -0.2) is 5.10 Å². The van der Waals surface area contributed by atoms with Crippen molar-refractivity contribution < 1.29 is 4.68 Å². The van der Waals surface area contributed by atoms with Crippen molar-refractivity contribution in [2.45, 2.75) is 6.92 Å². The molecule has 2 aromatic rings. The molecule has 0 saturated carbocycles. The zero-order chi connectivity index (χ0) is 8.72. The SMILES string of the molecule is Cc1c(N)ccc2c[n+](C)[nH]c12. The standard InChI is InChI=1S/C9H11N3/c1-6-8(10)4-3-7-5-12(2)11-9(6)7/h3-5H,1-2H3,(H2,10,11)/p+1. The molecule has 1 heterocycles. The highest BCUT2D eigenvalue weighted by molar-refractivity contribution is 5.84. The number of aryl methyl sites for hydroxylation is 2. The van der Waals surface area contributed by atoms with E-state index in [4.69, 9.17) is 5.73 Å².